The van der Waals surface area contributed by atoms with E-state index >= 15 is 0 Å². The number of methoxy groups -OCH3 is 1. The Morgan fingerprint density at radius 3 is 2.71 bits per heavy atom. The van der Waals surface area contributed by atoms with Crippen molar-refractivity contribution in [2.45, 2.75) is 57.7 Å². The number of likely N-dealkylation sites (tertiary alicyclic amines) is 2. The molecular weight excluding hydrogens is 307 g/mol. The predicted molar refractivity (Wildman–Crippen MR) is 91.4 cm³/mol. The lowest BCUT2D eigenvalue weighted by atomic mass is 10.0. The number of halogens is 1. The van der Waals surface area contributed by atoms with Crippen molar-refractivity contribution < 1.29 is 13.9 Å². The molecule has 5 heteroatoms. The molecule has 2 aliphatic heterocycles. The Labute approximate surface area is 143 Å². The van der Waals surface area contributed by atoms with Gasteiger partial charge in [-0.15, -0.1) is 0 Å². The lowest BCUT2D eigenvalue weighted by molar-refractivity contribution is -0.132. The Morgan fingerprint density at radius 2 is 2.00 bits per heavy atom. The van der Waals surface area contributed by atoms with E-state index < -0.39 is 0 Å². The summed E-state index contributed by atoms with van der Waals surface area (Å²) in [4.78, 5) is 16.7. The molecule has 24 heavy (non-hydrogen) atoms. The number of ether oxygens (including phenoxy) is 1. The normalized spacial score (nSPS) is 24.5. The molecule has 3 rings (SSSR count). The summed E-state index contributed by atoms with van der Waals surface area (Å²) in [7, 11) is 1.48. The van der Waals surface area contributed by atoms with Gasteiger partial charge in [-0.1, -0.05) is 13.0 Å². The van der Waals surface area contributed by atoms with Gasteiger partial charge in [0.15, 0.2) is 11.6 Å². The Balaban J connectivity index is 1.71. The molecule has 0 N–H and O–H groups in total. The molecule has 2 aliphatic rings. The minimum atomic E-state index is -0.311. The molecule has 0 bridgehead atoms. The average molecular weight is 334 g/mol. The minimum absolute atomic E-state index is 0.264. The standard InChI is InChI=1S/C19H27FN2O2/c1-3-19(23)22-11-5-7-17(22)16-6-4-10-21(16)13-14-8-9-18(24-2)15(20)12-14/h8-9,12,16-17H,3-7,10-11,13H2,1-2H3. The zero-order chi connectivity index (χ0) is 17.1. The Morgan fingerprint density at radius 1 is 1.25 bits per heavy atom. The van der Waals surface area contributed by atoms with Crippen molar-refractivity contribution in [1.82, 2.24) is 9.80 Å². The predicted octanol–water partition coefficient (Wildman–Crippen LogP) is 3.20. The van der Waals surface area contributed by atoms with E-state index in [1.54, 1.807) is 12.1 Å². The number of benzene rings is 1. The van der Waals surface area contributed by atoms with Crippen LogP contribution in [0.1, 0.15) is 44.6 Å². The molecule has 0 aliphatic carbocycles. The number of rotatable bonds is 5. The SMILES string of the molecule is CCC(=O)N1CCCC1C1CCCN1Cc1ccc(OC)c(F)c1. The van der Waals surface area contributed by atoms with Crippen LogP contribution < -0.4 is 4.74 Å². The van der Waals surface area contributed by atoms with Gasteiger partial charge in [0.25, 0.3) is 0 Å². The molecule has 4 nitrogen and oxygen atoms in total. The van der Waals surface area contributed by atoms with Crippen molar-refractivity contribution in [3.8, 4) is 5.75 Å². The molecule has 1 amide bonds. The molecule has 132 valence electrons. The van der Waals surface area contributed by atoms with Crippen LogP contribution >= 0.6 is 0 Å². The summed E-state index contributed by atoms with van der Waals surface area (Å²) in [5.41, 5.74) is 0.964. The Hall–Kier alpha value is -1.62. The largest absolute Gasteiger partial charge is 0.494 e. The number of hydrogen-bond acceptors (Lipinski definition) is 3. The van der Waals surface area contributed by atoms with Gasteiger partial charge in [-0.25, -0.2) is 4.39 Å². The Bertz CT molecular complexity index is 593. The second kappa shape index (κ2) is 7.51. The van der Waals surface area contributed by atoms with Gasteiger partial charge in [-0.3, -0.25) is 9.69 Å². The quantitative estimate of drug-likeness (QED) is 0.829. The van der Waals surface area contributed by atoms with E-state index in [0.717, 1.165) is 50.9 Å². The Kier molecular flexibility index (Phi) is 5.39. The number of carbonyl (C=O) groups is 1. The van der Waals surface area contributed by atoms with Gasteiger partial charge in [0.1, 0.15) is 0 Å². The van der Waals surface area contributed by atoms with E-state index in [1.165, 1.54) is 7.11 Å². The number of nitrogens with zero attached hydrogens (tertiary/aromatic N) is 2. The molecular formula is C19H27FN2O2. The summed E-state index contributed by atoms with van der Waals surface area (Å²) in [5.74, 6) is 0.237. The van der Waals surface area contributed by atoms with Crippen molar-refractivity contribution in [3.63, 3.8) is 0 Å². The van der Waals surface area contributed by atoms with Crippen molar-refractivity contribution in [1.29, 1.82) is 0 Å². The van der Waals surface area contributed by atoms with Crippen molar-refractivity contribution in [3.05, 3.63) is 29.6 Å². The highest BCUT2D eigenvalue weighted by molar-refractivity contribution is 5.76. The minimum Gasteiger partial charge on any atom is -0.494 e. The molecule has 2 atom stereocenters. The van der Waals surface area contributed by atoms with Gasteiger partial charge in [0.05, 0.1) is 7.11 Å². The van der Waals surface area contributed by atoms with Crippen LogP contribution in [-0.2, 0) is 11.3 Å². The second-order valence-electron chi connectivity index (χ2n) is 6.80. The van der Waals surface area contributed by atoms with Crippen molar-refractivity contribution >= 4 is 5.91 Å². The highest BCUT2D eigenvalue weighted by atomic mass is 19.1. The fraction of sp³-hybridized carbons (Fsp3) is 0.632. The van der Waals surface area contributed by atoms with E-state index in [-0.39, 0.29) is 17.5 Å². The third kappa shape index (κ3) is 3.41. The van der Waals surface area contributed by atoms with Crippen LogP contribution in [0.4, 0.5) is 4.39 Å². The van der Waals surface area contributed by atoms with Crippen LogP contribution in [0.15, 0.2) is 18.2 Å². The van der Waals surface area contributed by atoms with Crippen molar-refractivity contribution in [2.75, 3.05) is 20.2 Å². The molecule has 1 aromatic carbocycles. The van der Waals surface area contributed by atoms with E-state index in [9.17, 15) is 9.18 Å². The molecule has 2 saturated heterocycles. The van der Waals surface area contributed by atoms with Crippen molar-refractivity contribution in [2.24, 2.45) is 0 Å². The van der Waals surface area contributed by atoms with Gasteiger partial charge >= 0.3 is 0 Å². The molecule has 2 fully saturated rings. The van der Waals surface area contributed by atoms with E-state index in [1.807, 2.05) is 13.0 Å². The summed E-state index contributed by atoms with van der Waals surface area (Å²) < 4.78 is 18.9. The van der Waals surface area contributed by atoms with Gasteiger partial charge < -0.3 is 9.64 Å². The maximum Gasteiger partial charge on any atom is 0.222 e. The molecule has 1 aromatic rings. The zero-order valence-corrected chi connectivity index (χ0v) is 14.6. The monoisotopic (exact) mass is 334 g/mol. The van der Waals surface area contributed by atoms with E-state index in [4.69, 9.17) is 4.74 Å². The third-order valence-electron chi connectivity index (χ3n) is 5.38. The zero-order valence-electron chi connectivity index (χ0n) is 14.6. The summed E-state index contributed by atoms with van der Waals surface area (Å²) in [6, 6.07) is 5.91. The van der Waals surface area contributed by atoms with Gasteiger partial charge in [-0.2, -0.15) is 0 Å². The van der Waals surface area contributed by atoms with Crippen LogP contribution in [0.3, 0.4) is 0 Å². The molecule has 0 radical (unpaired) electrons. The maximum absolute atomic E-state index is 13.9. The number of carbonyl (C=O) groups excluding carboxylic acids is 1. The lowest BCUT2D eigenvalue weighted by Gasteiger charge is -2.35. The first-order chi connectivity index (χ1) is 11.6. The van der Waals surface area contributed by atoms with Gasteiger partial charge in [-0.05, 0) is 49.9 Å². The first-order valence-corrected chi connectivity index (χ1v) is 9.00. The first-order valence-electron chi connectivity index (χ1n) is 9.00. The van der Waals surface area contributed by atoms with E-state index in [2.05, 4.69) is 9.80 Å². The number of amides is 1. The molecule has 2 unspecified atom stereocenters. The summed E-state index contributed by atoms with van der Waals surface area (Å²) in [6.45, 7) is 4.57. The summed E-state index contributed by atoms with van der Waals surface area (Å²) in [6.07, 6.45) is 5.03. The smallest absolute Gasteiger partial charge is 0.222 e. The topological polar surface area (TPSA) is 32.8 Å². The van der Waals surface area contributed by atoms with Crippen LogP contribution in [-0.4, -0.2) is 48.0 Å². The maximum atomic E-state index is 13.9. The number of hydrogen-bond donors (Lipinski definition) is 0. The second-order valence-corrected chi connectivity index (χ2v) is 6.80. The summed E-state index contributed by atoms with van der Waals surface area (Å²) in [5, 5.41) is 0. The molecule has 0 saturated carbocycles. The average Bonchev–Trinajstić information content (AvgIpc) is 3.23. The van der Waals surface area contributed by atoms with Crippen LogP contribution in [0.25, 0.3) is 0 Å². The van der Waals surface area contributed by atoms with Crippen LogP contribution in [0.2, 0.25) is 0 Å². The summed E-state index contributed by atoms with van der Waals surface area (Å²) >= 11 is 0. The molecule has 2 heterocycles. The lowest BCUT2D eigenvalue weighted by Crippen LogP contribution is -2.47. The third-order valence-corrected chi connectivity index (χ3v) is 5.38. The van der Waals surface area contributed by atoms with E-state index in [0.29, 0.717) is 18.5 Å². The molecule has 0 spiro atoms. The van der Waals surface area contributed by atoms with Gasteiger partial charge in [0.2, 0.25) is 5.91 Å². The molecule has 0 aromatic heterocycles. The highest BCUT2D eigenvalue weighted by Gasteiger charge is 2.39. The fourth-order valence-electron chi connectivity index (χ4n) is 4.23. The first kappa shape index (κ1) is 17.2. The fourth-order valence-corrected chi connectivity index (χ4v) is 4.23. The van der Waals surface area contributed by atoms with Gasteiger partial charge in [0, 0.05) is 31.6 Å². The van der Waals surface area contributed by atoms with Crippen LogP contribution in [0, 0.1) is 5.82 Å². The van der Waals surface area contributed by atoms with Crippen LogP contribution in [0.5, 0.6) is 5.75 Å². The highest BCUT2D eigenvalue weighted by Crippen LogP contribution is 2.32.